The fraction of sp³-hybridized carbons (Fsp3) is 0.611. The first kappa shape index (κ1) is 17.4. The van der Waals surface area contributed by atoms with Gasteiger partial charge in [-0.1, -0.05) is 30.3 Å². The topological polar surface area (TPSA) is 66.5 Å². The number of hydrogen-bond donors (Lipinski definition) is 1. The lowest BCUT2D eigenvalue weighted by atomic mass is 10.1. The Hall–Kier alpha value is -1.40. The number of nitrogens with zero attached hydrogens (tertiary/aromatic N) is 1. The van der Waals surface area contributed by atoms with Gasteiger partial charge in [-0.3, -0.25) is 4.79 Å². The fourth-order valence-electron chi connectivity index (χ4n) is 3.66. The molecule has 132 valence electrons. The largest absolute Gasteiger partial charge is 0.340 e. The van der Waals surface area contributed by atoms with Crippen molar-refractivity contribution in [2.75, 3.05) is 24.6 Å². The van der Waals surface area contributed by atoms with Gasteiger partial charge in [0.1, 0.15) is 5.75 Å². The molecule has 1 aromatic rings. The van der Waals surface area contributed by atoms with E-state index in [1.807, 2.05) is 30.3 Å². The Kier molecular flexibility index (Phi) is 5.56. The summed E-state index contributed by atoms with van der Waals surface area (Å²) >= 11 is 0. The van der Waals surface area contributed by atoms with Crippen LogP contribution in [0, 0.1) is 0 Å². The number of hydrogen-bond acceptors (Lipinski definition) is 4. The normalized spacial score (nSPS) is 23.9. The highest BCUT2D eigenvalue weighted by atomic mass is 32.2. The molecule has 2 unspecified atom stereocenters. The Morgan fingerprint density at radius 2 is 1.88 bits per heavy atom. The maximum absolute atomic E-state index is 12.4. The summed E-state index contributed by atoms with van der Waals surface area (Å²) in [6.45, 7) is 1.32. The zero-order chi connectivity index (χ0) is 17.0. The van der Waals surface area contributed by atoms with Gasteiger partial charge in [-0.25, -0.2) is 8.42 Å². The van der Waals surface area contributed by atoms with Crippen LogP contribution in [0.3, 0.4) is 0 Å². The molecular formula is C18H26N2O3S. The molecule has 1 N–H and O–H groups in total. The Labute approximate surface area is 144 Å². The number of benzene rings is 1. The predicted molar refractivity (Wildman–Crippen MR) is 94.6 cm³/mol. The predicted octanol–water partition coefficient (Wildman–Crippen LogP) is 1.39. The second kappa shape index (κ2) is 7.66. The lowest BCUT2D eigenvalue weighted by Crippen LogP contribution is -2.42. The third kappa shape index (κ3) is 4.80. The second-order valence-electron chi connectivity index (χ2n) is 6.95. The maximum Gasteiger partial charge on any atom is 0.237 e. The van der Waals surface area contributed by atoms with Crippen LogP contribution in [-0.4, -0.2) is 55.9 Å². The number of aryl methyl sites for hydroxylation is 1. The summed E-state index contributed by atoms with van der Waals surface area (Å²) in [4.78, 5) is 14.1. The van der Waals surface area contributed by atoms with Crippen molar-refractivity contribution >= 4 is 15.7 Å². The van der Waals surface area contributed by atoms with E-state index in [1.54, 1.807) is 4.90 Å². The van der Waals surface area contributed by atoms with E-state index in [1.165, 1.54) is 6.42 Å². The first-order chi connectivity index (χ1) is 11.5. The van der Waals surface area contributed by atoms with Crippen LogP contribution in [0.4, 0.5) is 0 Å². The van der Waals surface area contributed by atoms with Crippen LogP contribution < -0.4 is 5.32 Å². The number of sulfone groups is 1. The van der Waals surface area contributed by atoms with E-state index in [4.69, 9.17) is 0 Å². The molecule has 2 atom stereocenters. The number of fused-ring (bicyclic) bond motifs is 2. The molecule has 0 spiro atoms. The molecule has 24 heavy (non-hydrogen) atoms. The average molecular weight is 350 g/mol. The molecule has 0 aromatic heterocycles. The van der Waals surface area contributed by atoms with E-state index in [-0.39, 0.29) is 17.4 Å². The van der Waals surface area contributed by atoms with Crippen molar-refractivity contribution in [2.24, 2.45) is 0 Å². The summed E-state index contributed by atoms with van der Waals surface area (Å²) in [5, 5.41) is 3.51. The highest BCUT2D eigenvalue weighted by molar-refractivity contribution is 7.92. The molecule has 1 amide bonds. The number of amides is 1. The molecule has 2 fully saturated rings. The Morgan fingerprint density at radius 3 is 2.67 bits per heavy atom. The lowest BCUT2D eigenvalue weighted by molar-refractivity contribution is -0.128. The third-order valence-electron chi connectivity index (χ3n) is 4.98. The monoisotopic (exact) mass is 350 g/mol. The molecule has 0 aliphatic carbocycles. The molecule has 0 radical (unpaired) electrons. The van der Waals surface area contributed by atoms with E-state index in [9.17, 15) is 13.2 Å². The maximum atomic E-state index is 12.4. The minimum atomic E-state index is -3.34. The Bertz CT molecular complexity index is 660. The standard InChI is InChI=1S/C18H26N2O3S/c21-18(20-11-10-16-8-9-17(13-20)19-16)14-24(22,23)12-4-7-15-5-2-1-3-6-15/h1-3,5-6,16-17,19H,4,7-14H2. The zero-order valence-electron chi connectivity index (χ0n) is 14.0. The molecule has 5 nitrogen and oxygen atoms in total. The van der Waals surface area contributed by atoms with Crippen molar-refractivity contribution in [1.29, 1.82) is 0 Å². The first-order valence-corrected chi connectivity index (χ1v) is 10.6. The summed E-state index contributed by atoms with van der Waals surface area (Å²) < 4.78 is 24.5. The smallest absolute Gasteiger partial charge is 0.237 e. The Morgan fingerprint density at radius 1 is 1.12 bits per heavy atom. The second-order valence-corrected chi connectivity index (χ2v) is 9.13. The number of likely N-dealkylation sites (tertiary alicyclic amines) is 1. The van der Waals surface area contributed by atoms with Gasteiger partial charge >= 0.3 is 0 Å². The first-order valence-electron chi connectivity index (χ1n) is 8.80. The van der Waals surface area contributed by atoms with Gasteiger partial charge in [-0.2, -0.15) is 0 Å². The Balaban J connectivity index is 1.47. The van der Waals surface area contributed by atoms with Gasteiger partial charge < -0.3 is 10.2 Å². The van der Waals surface area contributed by atoms with Gasteiger partial charge in [0.25, 0.3) is 0 Å². The van der Waals surface area contributed by atoms with Crippen LogP contribution >= 0.6 is 0 Å². The van der Waals surface area contributed by atoms with Crippen molar-refractivity contribution in [3.8, 4) is 0 Å². The summed E-state index contributed by atoms with van der Waals surface area (Å²) in [6.07, 6.45) is 4.47. The third-order valence-corrected chi connectivity index (χ3v) is 6.58. The van der Waals surface area contributed by atoms with Gasteiger partial charge in [-0.05, 0) is 37.7 Å². The molecule has 2 saturated heterocycles. The summed E-state index contributed by atoms with van der Waals surface area (Å²) in [6, 6.07) is 10.7. The van der Waals surface area contributed by atoms with E-state index >= 15 is 0 Å². The van der Waals surface area contributed by atoms with E-state index in [0.29, 0.717) is 31.6 Å². The van der Waals surface area contributed by atoms with E-state index < -0.39 is 9.84 Å². The van der Waals surface area contributed by atoms with Gasteiger partial charge in [0.2, 0.25) is 5.91 Å². The SMILES string of the molecule is O=C(CS(=O)(=O)CCCc1ccccc1)N1CCC2CCC(C1)N2. The molecule has 2 heterocycles. The summed E-state index contributed by atoms with van der Waals surface area (Å²) in [5.74, 6) is -0.505. The molecule has 2 bridgehead atoms. The van der Waals surface area contributed by atoms with E-state index in [0.717, 1.165) is 24.8 Å². The van der Waals surface area contributed by atoms with Crippen LogP contribution in [0.1, 0.15) is 31.2 Å². The molecule has 3 rings (SSSR count). The van der Waals surface area contributed by atoms with Crippen molar-refractivity contribution in [2.45, 2.75) is 44.2 Å². The zero-order valence-corrected chi connectivity index (χ0v) is 14.8. The minimum absolute atomic E-state index is 0.0752. The van der Waals surface area contributed by atoms with Crippen molar-refractivity contribution in [3.63, 3.8) is 0 Å². The number of carbonyl (C=O) groups is 1. The summed E-state index contributed by atoms with van der Waals surface area (Å²) in [5.41, 5.74) is 1.13. The highest BCUT2D eigenvalue weighted by Gasteiger charge is 2.32. The number of carbonyl (C=O) groups excluding carboxylic acids is 1. The molecular weight excluding hydrogens is 324 g/mol. The van der Waals surface area contributed by atoms with E-state index in [2.05, 4.69) is 5.32 Å². The van der Waals surface area contributed by atoms with Gasteiger partial charge in [0.05, 0.1) is 5.75 Å². The van der Waals surface area contributed by atoms with Crippen molar-refractivity contribution in [1.82, 2.24) is 10.2 Å². The molecule has 1 aromatic carbocycles. The van der Waals surface area contributed by atoms with Crippen LogP contribution in [0.5, 0.6) is 0 Å². The fourth-order valence-corrected chi connectivity index (χ4v) is 4.95. The molecule has 2 aliphatic rings. The van der Waals surface area contributed by atoms with Crippen LogP contribution in [0.25, 0.3) is 0 Å². The van der Waals surface area contributed by atoms with Crippen molar-refractivity contribution < 1.29 is 13.2 Å². The van der Waals surface area contributed by atoms with Gasteiger partial charge in [-0.15, -0.1) is 0 Å². The van der Waals surface area contributed by atoms with Crippen LogP contribution in [0.2, 0.25) is 0 Å². The molecule has 2 aliphatic heterocycles. The number of nitrogens with one attached hydrogen (secondary N) is 1. The van der Waals surface area contributed by atoms with Gasteiger partial charge in [0, 0.05) is 25.2 Å². The lowest BCUT2D eigenvalue weighted by Gasteiger charge is -2.24. The van der Waals surface area contributed by atoms with Gasteiger partial charge in [0.15, 0.2) is 9.84 Å². The highest BCUT2D eigenvalue weighted by Crippen LogP contribution is 2.20. The van der Waals surface area contributed by atoms with Crippen LogP contribution in [0.15, 0.2) is 30.3 Å². The number of rotatable bonds is 6. The molecule has 0 saturated carbocycles. The minimum Gasteiger partial charge on any atom is -0.340 e. The average Bonchev–Trinajstić information content (AvgIpc) is 2.86. The van der Waals surface area contributed by atoms with Crippen molar-refractivity contribution in [3.05, 3.63) is 35.9 Å². The quantitative estimate of drug-likeness (QED) is 0.842. The van der Waals surface area contributed by atoms with Crippen LogP contribution in [-0.2, 0) is 21.1 Å². The summed E-state index contributed by atoms with van der Waals surface area (Å²) in [7, 11) is -3.34. The molecule has 6 heteroatoms.